The summed E-state index contributed by atoms with van der Waals surface area (Å²) in [7, 11) is -3.15. The molecule has 0 aliphatic carbocycles. The maximum Gasteiger partial charge on any atom is 0.230 e. The van der Waals surface area contributed by atoms with Gasteiger partial charge in [-0.25, -0.2) is 8.42 Å². The van der Waals surface area contributed by atoms with E-state index in [9.17, 15) is 13.2 Å². The van der Waals surface area contributed by atoms with E-state index >= 15 is 0 Å². The number of anilines is 1. The molecule has 1 aliphatic heterocycles. The van der Waals surface area contributed by atoms with Crippen LogP contribution in [0.4, 0.5) is 5.69 Å². The lowest BCUT2D eigenvalue weighted by Gasteiger charge is -2.34. The third-order valence-electron chi connectivity index (χ3n) is 4.38. The van der Waals surface area contributed by atoms with Crippen LogP contribution in [0, 0.1) is 0 Å². The Morgan fingerprint density at radius 3 is 2.40 bits per heavy atom. The van der Waals surface area contributed by atoms with Crippen LogP contribution in [0.5, 0.6) is 0 Å². The smallest absolute Gasteiger partial charge is 0.230 e. The summed E-state index contributed by atoms with van der Waals surface area (Å²) in [6.07, 6.45) is 2.92. The number of hydrogen-bond acceptors (Lipinski definition) is 5. The summed E-state index contributed by atoms with van der Waals surface area (Å²) in [4.78, 5) is 14.5. The number of carbonyl (C=O) groups is 1. The first-order valence-corrected chi connectivity index (χ1v) is 11.7. The van der Waals surface area contributed by atoms with Gasteiger partial charge in [-0.05, 0) is 49.3 Å². The van der Waals surface area contributed by atoms with E-state index in [2.05, 4.69) is 17.1 Å². The standard InChI is InChI=1S/C18H28N2O3S2/c1-3-13-24-14-18(21)19-15-9-11-20(12-10-15)16-5-7-17(8-6-16)25(22,23)4-2/h5-8,15H,3-4,9-14H2,1-2H3,(H,19,21). The van der Waals surface area contributed by atoms with Gasteiger partial charge < -0.3 is 10.2 Å². The van der Waals surface area contributed by atoms with Crippen LogP contribution < -0.4 is 10.2 Å². The van der Waals surface area contributed by atoms with Crippen molar-refractivity contribution in [3.63, 3.8) is 0 Å². The van der Waals surface area contributed by atoms with E-state index in [1.807, 2.05) is 12.1 Å². The van der Waals surface area contributed by atoms with Crippen LogP contribution in [0.2, 0.25) is 0 Å². The van der Waals surface area contributed by atoms with Crippen molar-refractivity contribution in [2.75, 3.05) is 35.2 Å². The van der Waals surface area contributed by atoms with E-state index in [0.717, 1.165) is 43.8 Å². The van der Waals surface area contributed by atoms with Gasteiger partial charge in [-0.1, -0.05) is 13.8 Å². The second-order valence-corrected chi connectivity index (χ2v) is 9.66. The van der Waals surface area contributed by atoms with Gasteiger partial charge in [0.2, 0.25) is 5.91 Å². The zero-order valence-corrected chi connectivity index (χ0v) is 16.7. The fourth-order valence-corrected chi connectivity index (χ4v) is 4.48. The Morgan fingerprint density at radius 2 is 1.84 bits per heavy atom. The molecule has 0 saturated carbocycles. The van der Waals surface area contributed by atoms with Crippen LogP contribution in [0.15, 0.2) is 29.2 Å². The molecule has 1 N–H and O–H groups in total. The average molecular weight is 385 g/mol. The number of carbonyl (C=O) groups excluding carboxylic acids is 1. The minimum Gasteiger partial charge on any atom is -0.371 e. The number of amides is 1. The average Bonchev–Trinajstić information content (AvgIpc) is 2.63. The number of nitrogens with zero attached hydrogens (tertiary/aromatic N) is 1. The van der Waals surface area contributed by atoms with Crippen molar-refractivity contribution in [1.29, 1.82) is 0 Å². The van der Waals surface area contributed by atoms with Gasteiger partial charge in [0.1, 0.15) is 0 Å². The summed E-state index contributed by atoms with van der Waals surface area (Å²) in [6, 6.07) is 7.37. The Labute approximate surface area is 155 Å². The van der Waals surface area contributed by atoms with E-state index in [-0.39, 0.29) is 17.7 Å². The number of thioether (sulfide) groups is 1. The molecule has 5 nitrogen and oxygen atoms in total. The van der Waals surface area contributed by atoms with Crippen LogP contribution >= 0.6 is 11.8 Å². The highest BCUT2D eigenvalue weighted by Crippen LogP contribution is 2.22. The zero-order valence-electron chi connectivity index (χ0n) is 15.0. The highest BCUT2D eigenvalue weighted by atomic mass is 32.2. The molecule has 140 valence electrons. The second kappa shape index (κ2) is 9.48. The van der Waals surface area contributed by atoms with Crippen LogP contribution in [0.1, 0.15) is 33.1 Å². The Morgan fingerprint density at radius 1 is 1.20 bits per heavy atom. The van der Waals surface area contributed by atoms with Gasteiger partial charge in [0.05, 0.1) is 16.4 Å². The Bertz CT molecular complexity index is 651. The first kappa shape index (κ1) is 20.1. The van der Waals surface area contributed by atoms with E-state index < -0.39 is 9.84 Å². The predicted molar refractivity (Wildman–Crippen MR) is 105 cm³/mol. The first-order valence-electron chi connectivity index (χ1n) is 8.91. The van der Waals surface area contributed by atoms with Gasteiger partial charge in [-0.15, -0.1) is 0 Å². The number of hydrogen-bond donors (Lipinski definition) is 1. The third-order valence-corrected chi connectivity index (χ3v) is 7.30. The molecule has 1 amide bonds. The van der Waals surface area contributed by atoms with E-state index in [1.54, 1.807) is 30.8 Å². The summed E-state index contributed by atoms with van der Waals surface area (Å²) in [6.45, 7) is 5.51. The minimum atomic E-state index is -3.15. The highest BCUT2D eigenvalue weighted by Gasteiger charge is 2.21. The lowest BCUT2D eigenvalue weighted by atomic mass is 10.0. The molecular formula is C18H28N2O3S2. The summed E-state index contributed by atoms with van der Waals surface area (Å²) >= 11 is 1.68. The van der Waals surface area contributed by atoms with Crippen molar-refractivity contribution < 1.29 is 13.2 Å². The fourth-order valence-electron chi connectivity index (χ4n) is 2.89. The molecule has 1 saturated heterocycles. The molecule has 0 atom stereocenters. The van der Waals surface area contributed by atoms with Gasteiger partial charge in [0, 0.05) is 24.8 Å². The topological polar surface area (TPSA) is 66.5 Å². The van der Waals surface area contributed by atoms with Gasteiger partial charge in [-0.3, -0.25) is 4.79 Å². The molecule has 0 unspecified atom stereocenters. The lowest BCUT2D eigenvalue weighted by Crippen LogP contribution is -2.45. The van der Waals surface area contributed by atoms with E-state index in [4.69, 9.17) is 0 Å². The maximum atomic E-state index is 11.9. The molecule has 2 rings (SSSR count). The largest absolute Gasteiger partial charge is 0.371 e. The molecule has 0 aromatic heterocycles. The minimum absolute atomic E-state index is 0.119. The van der Waals surface area contributed by atoms with Crippen LogP contribution in [-0.2, 0) is 14.6 Å². The monoisotopic (exact) mass is 384 g/mol. The lowest BCUT2D eigenvalue weighted by molar-refractivity contribution is -0.119. The molecular weight excluding hydrogens is 356 g/mol. The molecule has 0 radical (unpaired) electrons. The fraction of sp³-hybridized carbons (Fsp3) is 0.611. The maximum absolute atomic E-state index is 11.9. The van der Waals surface area contributed by atoms with E-state index in [1.165, 1.54) is 0 Å². The number of rotatable bonds is 8. The molecule has 1 fully saturated rings. The highest BCUT2D eigenvalue weighted by molar-refractivity contribution is 7.99. The summed E-state index contributed by atoms with van der Waals surface area (Å²) in [5, 5.41) is 3.12. The molecule has 7 heteroatoms. The van der Waals surface area contributed by atoms with Gasteiger partial charge in [0.15, 0.2) is 9.84 Å². The summed E-state index contributed by atoms with van der Waals surface area (Å²) in [5.41, 5.74) is 1.04. The quantitative estimate of drug-likeness (QED) is 0.698. The number of sulfone groups is 1. The molecule has 0 bridgehead atoms. The van der Waals surface area contributed by atoms with Crippen molar-refractivity contribution in [1.82, 2.24) is 5.32 Å². The first-order chi connectivity index (χ1) is 12.0. The molecule has 1 aliphatic rings. The zero-order chi connectivity index (χ0) is 18.3. The number of benzene rings is 1. The predicted octanol–water partition coefficient (Wildman–Crippen LogP) is 2.71. The summed E-state index contributed by atoms with van der Waals surface area (Å²) < 4.78 is 23.7. The number of piperidine rings is 1. The van der Waals surface area contributed by atoms with Crippen molar-refractivity contribution in [2.45, 2.75) is 44.0 Å². The van der Waals surface area contributed by atoms with Crippen LogP contribution in [-0.4, -0.2) is 50.7 Å². The van der Waals surface area contributed by atoms with Crippen molar-refractivity contribution >= 4 is 33.2 Å². The molecule has 1 aromatic carbocycles. The van der Waals surface area contributed by atoms with Crippen molar-refractivity contribution in [2.24, 2.45) is 0 Å². The van der Waals surface area contributed by atoms with Crippen molar-refractivity contribution in [3.05, 3.63) is 24.3 Å². The Balaban J connectivity index is 1.83. The molecule has 0 spiro atoms. The molecule has 1 heterocycles. The SMILES string of the molecule is CCCSCC(=O)NC1CCN(c2ccc(S(=O)(=O)CC)cc2)CC1. The van der Waals surface area contributed by atoms with Crippen LogP contribution in [0.25, 0.3) is 0 Å². The van der Waals surface area contributed by atoms with Crippen molar-refractivity contribution in [3.8, 4) is 0 Å². The number of nitrogens with one attached hydrogen (secondary N) is 1. The van der Waals surface area contributed by atoms with Gasteiger partial charge in [-0.2, -0.15) is 11.8 Å². The Hall–Kier alpha value is -1.21. The summed E-state index contributed by atoms with van der Waals surface area (Å²) in [5.74, 6) is 1.82. The third kappa shape index (κ3) is 5.92. The molecule has 25 heavy (non-hydrogen) atoms. The van der Waals surface area contributed by atoms with Gasteiger partial charge >= 0.3 is 0 Å². The normalized spacial score (nSPS) is 16.0. The van der Waals surface area contributed by atoms with Gasteiger partial charge in [0.25, 0.3) is 0 Å². The van der Waals surface area contributed by atoms with E-state index in [0.29, 0.717) is 10.6 Å². The second-order valence-electron chi connectivity index (χ2n) is 6.28. The molecule has 1 aromatic rings. The Kier molecular flexibility index (Phi) is 7.62. The van der Waals surface area contributed by atoms with Crippen LogP contribution in [0.3, 0.4) is 0 Å².